The van der Waals surface area contributed by atoms with Gasteiger partial charge in [-0.05, 0) is 18.2 Å². The third-order valence-corrected chi connectivity index (χ3v) is 4.55. The van der Waals surface area contributed by atoms with E-state index >= 15 is 0 Å². The molecule has 1 fully saturated rings. The molecule has 24 heavy (non-hydrogen) atoms. The highest BCUT2D eigenvalue weighted by Gasteiger charge is 2.27. The van der Waals surface area contributed by atoms with Crippen LogP contribution in [0.1, 0.15) is 12.8 Å². The van der Waals surface area contributed by atoms with Crippen molar-refractivity contribution in [1.82, 2.24) is 4.98 Å². The van der Waals surface area contributed by atoms with Gasteiger partial charge in [-0.15, -0.1) is 0 Å². The molecule has 8 heteroatoms. The van der Waals surface area contributed by atoms with E-state index in [1.165, 1.54) is 12.3 Å². The second-order valence-electron chi connectivity index (χ2n) is 5.52. The standard InChI is InChI=1S/C16H15BrClN3O3/c17-11-2-1-3-14(8-11)24-13-4-6-20(7-5-13)16-15(21(22)23)9-12(18)10-19-16/h1-3,8-10,13H,4-7H2. The Kier molecular flexibility index (Phi) is 5.20. The zero-order valence-corrected chi connectivity index (χ0v) is 15.0. The average Bonchev–Trinajstić information content (AvgIpc) is 2.56. The van der Waals surface area contributed by atoms with Gasteiger partial charge in [0.1, 0.15) is 11.9 Å². The first-order chi connectivity index (χ1) is 11.5. The van der Waals surface area contributed by atoms with Crippen LogP contribution in [0.3, 0.4) is 0 Å². The first kappa shape index (κ1) is 17.0. The molecule has 3 rings (SSSR count). The van der Waals surface area contributed by atoms with E-state index in [2.05, 4.69) is 20.9 Å². The van der Waals surface area contributed by atoms with E-state index in [1.54, 1.807) is 0 Å². The number of nitrogens with zero attached hydrogens (tertiary/aromatic N) is 3. The quantitative estimate of drug-likeness (QED) is 0.548. The van der Waals surface area contributed by atoms with Crippen molar-refractivity contribution < 1.29 is 9.66 Å². The Hall–Kier alpha value is -1.86. The van der Waals surface area contributed by atoms with Crippen molar-refractivity contribution in [3.8, 4) is 5.75 Å². The maximum absolute atomic E-state index is 11.2. The maximum Gasteiger partial charge on any atom is 0.313 e. The summed E-state index contributed by atoms with van der Waals surface area (Å²) in [7, 11) is 0. The van der Waals surface area contributed by atoms with Crippen molar-refractivity contribution in [3.63, 3.8) is 0 Å². The topological polar surface area (TPSA) is 68.5 Å². The molecule has 0 amide bonds. The molecule has 126 valence electrons. The molecule has 0 saturated carbocycles. The smallest absolute Gasteiger partial charge is 0.313 e. The van der Waals surface area contributed by atoms with Gasteiger partial charge in [-0.3, -0.25) is 10.1 Å². The van der Waals surface area contributed by atoms with Gasteiger partial charge in [-0.25, -0.2) is 4.98 Å². The molecule has 1 aromatic heterocycles. The Morgan fingerprint density at radius 3 is 2.75 bits per heavy atom. The summed E-state index contributed by atoms with van der Waals surface area (Å²) in [6.07, 6.45) is 3.07. The number of hydrogen-bond acceptors (Lipinski definition) is 5. The minimum Gasteiger partial charge on any atom is -0.490 e. The molecule has 0 radical (unpaired) electrons. The van der Waals surface area contributed by atoms with Crippen molar-refractivity contribution in [2.24, 2.45) is 0 Å². The van der Waals surface area contributed by atoms with E-state index in [-0.39, 0.29) is 16.8 Å². The van der Waals surface area contributed by atoms with E-state index in [1.807, 2.05) is 29.2 Å². The molecular weight excluding hydrogens is 398 g/mol. The molecule has 6 nitrogen and oxygen atoms in total. The van der Waals surface area contributed by atoms with Gasteiger partial charge in [-0.1, -0.05) is 33.6 Å². The fourth-order valence-electron chi connectivity index (χ4n) is 2.72. The van der Waals surface area contributed by atoms with Crippen molar-refractivity contribution in [2.75, 3.05) is 18.0 Å². The van der Waals surface area contributed by atoms with E-state index in [0.717, 1.165) is 23.1 Å². The molecule has 1 aromatic carbocycles. The molecule has 1 saturated heterocycles. The van der Waals surface area contributed by atoms with Crippen LogP contribution in [0.25, 0.3) is 0 Å². The highest BCUT2D eigenvalue weighted by atomic mass is 79.9. The minimum absolute atomic E-state index is 0.0612. The number of aromatic nitrogens is 1. The number of benzene rings is 1. The van der Waals surface area contributed by atoms with Crippen molar-refractivity contribution >= 4 is 39.0 Å². The van der Waals surface area contributed by atoms with Crippen LogP contribution in [0.2, 0.25) is 5.02 Å². The van der Waals surface area contributed by atoms with Crippen LogP contribution in [0, 0.1) is 10.1 Å². The summed E-state index contributed by atoms with van der Waals surface area (Å²) in [4.78, 5) is 16.8. The summed E-state index contributed by atoms with van der Waals surface area (Å²) in [6.45, 7) is 1.29. The number of halogens is 2. The molecule has 0 N–H and O–H groups in total. The summed E-state index contributed by atoms with van der Waals surface area (Å²) >= 11 is 9.24. The zero-order chi connectivity index (χ0) is 17.1. The van der Waals surface area contributed by atoms with Crippen molar-refractivity contribution in [3.05, 3.63) is 56.1 Å². The molecule has 0 spiro atoms. The lowest BCUT2D eigenvalue weighted by Gasteiger charge is -2.32. The lowest BCUT2D eigenvalue weighted by Crippen LogP contribution is -2.39. The Labute approximate surface area is 152 Å². The van der Waals surface area contributed by atoms with Gasteiger partial charge in [0, 0.05) is 42.7 Å². The molecule has 0 atom stereocenters. The molecule has 0 bridgehead atoms. The largest absolute Gasteiger partial charge is 0.490 e. The third kappa shape index (κ3) is 3.96. The fourth-order valence-corrected chi connectivity index (χ4v) is 3.25. The summed E-state index contributed by atoms with van der Waals surface area (Å²) in [5.41, 5.74) is -0.0612. The highest BCUT2D eigenvalue weighted by molar-refractivity contribution is 9.10. The zero-order valence-electron chi connectivity index (χ0n) is 12.7. The highest BCUT2D eigenvalue weighted by Crippen LogP contribution is 2.31. The molecular formula is C16H15BrClN3O3. The van der Waals surface area contributed by atoms with Gasteiger partial charge >= 0.3 is 5.69 Å². The van der Waals surface area contributed by atoms with Gasteiger partial charge in [-0.2, -0.15) is 0 Å². The second-order valence-corrected chi connectivity index (χ2v) is 6.87. The number of pyridine rings is 1. The summed E-state index contributed by atoms with van der Waals surface area (Å²) in [5.74, 6) is 1.18. The summed E-state index contributed by atoms with van der Waals surface area (Å²) in [6, 6.07) is 9.06. The Balaban J connectivity index is 1.66. The van der Waals surface area contributed by atoms with Gasteiger partial charge in [0.15, 0.2) is 0 Å². The van der Waals surface area contributed by atoms with Crippen LogP contribution in [-0.2, 0) is 0 Å². The number of hydrogen-bond donors (Lipinski definition) is 0. The monoisotopic (exact) mass is 411 g/mol. The molecule has 1 aliphatic heterocycles. The third-order valence-electron chi connectivity index (χ3n) is 3.85. The van der Waals surface area contributed by atoms with Gasteiger partial charge in [0.2, 0.25) is 5.82 Å². The molecule has 0 unspecified atom stereocenters. The Morgan fingerprint density at radius 1 is 1.33 bits per heavy atom. The van der Waals surface area contributed by atoms with E-state index in [0.29, 0.717) is 18.9 Å². The van der Waals surface area contributed by atoms with E-state index in [9.17, 15) is 10.1 Å². The lowest BCUT2D eigenvalue weighted by atomic mass is 10.1. The normalized spacial score (nSPS) is 15.3. The Bertz CT molecular complexity index is 751. The van der Waals surface area contributed by atoms with Crippen LogP contribution in [0.5, 0.6) is 5.75 Å². The van der Waals surface area contributed by atoms with Crippen LogP contribution in [0.4, 0.5) is 11.5 Å². The summed E-state index contributed by atoms with van der Waals surface area (Å²) < 4.78 is 6.96. The van der Waals surface area contributed by atoms with Crippen LogP contribution in [0.15, 0.2) is 41.0 Å². The lowest BCUT2D eigenvalue weighted by molar-refractivity contribution is -0.384. The number of nitro groups is 1. The number of piperidine rings is 1. The number of anilines is 1. The molecule has 1 aliphatic rings. The van der Waals surface area contributed by atoms with Crippen LogP contribution < -0.4 is 9.64 Å². The van der Waals surface area contributed by atoms with Crippen LogP contribution >= 0.6 is 27.5 Å². The fraction of sp³-hybridized carbons (Fsp3) is 0.312. The number of rotatable bonds is 4. The first-order valence-corrected chi connectivity index (χ1v) is 8.67. The van der Waals surface area contributed by atoms with Crippen molar-refractivity contribution in [2.45, 2.75) is 18.9 Å². The Morgan fingerprint density at radius 2 is 2.08 bits per heavy atom. The predicted octanol–water partition coefficient (Wildman–Crippen LogP) is 4.45. The van der Waals surface area contributed by atoms with Gasteiger partial charge < -0.3 is 9.64 Å². The second kappa shape index (κ2) is 7.36. The maximum atomic E-state index is 11.2. The first-order valence-electron chi connectivity index (χ1n) is 7.50. The van der Waals surface area contributed by atoms with Gasteiger partial charge in [0.05, 0.1) is 9.95 Å². The molecule has 0 aliphatic carbocycles. The van der Waals surface area contributed by atoms with E-state index in [4.69, 9.17) is 16.3 Å². The van der Waals surface area contributed by atoms with Crippen LogP contribution in [-0.4, -0.2) is 29.1 Å². The summed E-state index contributed by atoms with van der Waals surface area (Å²) in [5, 5.41) is 11.5. The minimum atomic E-state index is -0.446. The van der Waals surface area contributed by atoms with E-state index < -0.39 is 4.92 Å². The van der Waals surface area contributed by atoms with Gasteiger partial charge in [0.25, 0.3) is 0 Å². The average molecular weight is 413 g/mol. The predicted molar refractivity (Wildman–Crippen MR) is 95.9 cm³/mol. The van der Waals surface area contributed by atoms with Crippen molar-refractivity contribution in [1.29, 1.82) is 0 Å². The SMILES string of the molecule is O=[N+]([O-])c1cc(Cl)cnc1N1CCC(Oc2cccc(Br)c2)CC1. The molecule has 2 aromatic rings. The number of ether oxygens (including phenoxy) is 1. The molecule has 2 heterocycles.